The Morgan fingerprint density at radius 2 is 0.968 bits per heavy atom. The van der Waals surface area contributed by atoms with Crippen molar-refractivity contribution in [1.29, 1.82) is 0 Å². The summed E-state index contributed by atoms with van der Waals surface area (Å²) in [5.74, 6) is 1.96. The Morgan fingerprint density at radius 3 is 1.71 bits per heavy atom. The van der Waals surface area contributed by atoms with Crippen molar-refractivity contribution in [2.75, 3.05) is 0 Å². The molecule has 0 aliphatic heterocycles. The number of hydrogen-bond donors (Lipinski definition) is 0. The molecule has 0 unspecified atom stereocenters. The molecule has 5 heteroatoms. The van der Waals surface area contributed by atoms with E-state index in [1.54, 1.807) is 0 Å². The number of aromatic nitrogens is 3. The number of allylic oxidation sites excluding steroid dienone is 1. The molecule has 0 atom stereocenters. The Bertz CT molecular complexity index is 3770. The highest BCUT2D eigenvalue weighted by molar-refractivity contribution is 7.19. The zero-order valence-electron chi connectivity index (χ0n) is 33.5. The van der Waals surface area contributed by atoms with Crippen LogP contribution in [0.4, 0.5) is 0 Å². The van der Waals surface area contributed by atoms with Gasteiger partial charge in [-0.1, -0.05) is 146 Å². The maximum Gasteiger partial charge on any atom is 0.164 e. The molecule has 0 saturated carbocycles. The lowest BCUT2D eigenvalue weighted by Gasteiger charge is -2.12. The highest BCUT2D eigenvalue weighted by atomic mass is 32.1. The second-order valence-corrected chi connectivity index (χ2v) is 17.3. The van der Waals surface area contributed by atoms with Gasteiger partial charge in [0, 0.05) is 42.4 Å². The first-order valence-corrected chi connectivity index (χ1v) is 22.0. The molecule has 0 bridgehead atoms. The van der Waals surface area contributed by atoms with Crippen LogP contribution in [0, 0.1) is 0 Å². The van der Waals surface area contributed by atoms with Crippen molar-refractivity contribution in [3.63, 3.8) is 0 Å². The highest BCUT2D eigenvalue weighted by Crippen LogP contribution is 2.42. The van der Waals surface area contributed by atoms with Crippen LogP contribution in [0.3, 0.4) is 0 Å². The summed E-state index contributed by atoms with van der Waals surface area (Å²) in [7, 11) is 0. The fourth-order valence-electron chi connectivity index (χ4n) is 9.57. The van der Waals surface area contributed by atoms with Gasteiger partial charge in [-0.2, -0.15) is 0 Å². The first-order chi connectivity index (χ1) is 30.7. The van der Waals surface area contributed by atoms with Gasteiger partial charge in [-0.15, -0.1) is 11.3 Å². The number of aryl methyl sites for hydroxylation is 1. The summed E-state index contributed by atoms with van der Waals surface area (Å²) in [6, 6.07) is 62.7. The van der Waals surface area contributed by atoms with Crippen LogP contribution >= 0.6 is 11.3 Å². The van der Waals surface area contributed by atoms with Crippen LogP contribution in [0.2, 0.25) is 0 Å². The van der Waals surface area contributed by atoms with Gasteiger partial charge in [0.2, 0.25) is 0 Å². The van der Waals surface area contributed by atoms with E-state index < -0.39 is 0 Å². The summed E-state index contributed by atoms with van der Waals surface area (Å²) in [6.07, 6.45) is 6.75. The minimum Gasteiger partial charge on any atom is -0.456 e. The summed E-state index contributed by atoms with van der Waals surface area (Å²) in [4.78, 5) is 16.7. The quantitative estimate of drug-likeness (QED) is 0.163. The normalized spacial score (nSPS) is 12.6. The number of hydrogen-bond acceptors (Lipinski definition) is 5. The average Bonchev–Trinajstić information content (AvgIpc) is 3.92. The van der Waals surface area contributed by atoms with Gasteiger partial charge in [-0.25, -0.2) is 15.0 Å². The van der Waals surface area contributed by atoms with Crippen LogP contribution in [0.1, 0.15) is 16.9 Å². The summed E-state index contributed by atoms with van der Waals surface area (Å²) < 4.78 is 7.80. The molecule has 3 heterocycles. The third-order valence-corrected chi connectivity index (χ3v) is 13.8. The monoisotopic (exact) mass is 809 g/mol. The second-order valence-electron chi connectivity index (χ2n) is 16.2. The van der Waals surface area contributed by atoms with Gasteiger partial charge >= 0.3 is 0 Å². The lowest BCUT2D eigenvalue weighted by molar-refractivity contribution is 0.669. The van der Waals surface area contributed by atoms with E-state index in [2.05, 4.69) is 170 Å². The van der Waals surface area contributed by atoms with Crippen LogP contribution in [-0.2, 0) is 6.42 Å². The number of rotatable bonds is 5. The number of thiophene rings is 1. The Labute approximate surface area is 361 Å². The largest absolute Gasteiger partial charge is 0.456 e. The summed E-state index contributed by atoms with van der Waals surface area (Å²) in [5.41, 5.74) is 10.5. The van der Waals surface area contributed by atoms with Crippen molar-refractivity contribution in [2.24, 2.45) is 0 Å². The molecular weight excluding hydrogens is 775 g/mol. The summed E-state index contributed by atoms with van der Waals surface area (Å²) in [6.45, 7) is 0. The Morgan fingerprint density at radius 1 is 0.403 bits per heavy atom. The first kappa shape index (κ1) is 35.1. The second kappa shape index (κ2) is 13.9. The van der Waals surface area contributed by atoms with Crippen molar-refractivity contribution in [2.45, 2.75) is 12.8 Å². The van der Waals surface area contributed by atoms with Gasteiger partial charge in [0.05, 0.1) is 0 Å². The third-order valence-electron chi connectivity index (χ3n) is 12.6. The fraction of sp³-hybridized carbons (Fsp3) is 0.0351. The fourth-order valence-corrected chi connectivity index (χ4v) is 10.8. The molecule has 0 amide bonds. The molecule has 62 heavy (non-hydrogen) atoms. The van der Waals surface area contributed by atoms with E-state index in [1.807, 2.05) is 29.5 Å². The van der Waals surface area contributed by atoms with E-state index in [0.717, 1.165) is 68.2 Å². The Balaban J connectivity index is 0.906. The van der Waals surface area contributed by atoms with Crippen LogP contribution in [0.25, 0.3) is 127 Å². The molecule has 0 saturated heterocycles. The standard InChI is InChI=1S/C57H35N3OS/c1-2-11-35(12-3-1)55-58-56(60-57(59-55)39-27-30-53-48(33-39)46-17-8-9-20-52(46)62-53)36-23-21-34(22-24-36)40-18-10-19-51-54(40)49-32-38(26-29-50(49)61-51)37-25-28-45-43-15-5-4-13-41(43)42-14-6-7-16-44(42)47(45)31-37/h1-8,10-19,21-33H,9,20H2. The van der Waals surface area contributed by atoms with Crippen molar-refractivity contribution in [1.82, 2.24) is 15.0 Å². The minimum absolute atomic E-state index is 0.639. The molecule has 3 aromatic heterocycles. The van der Waals surface area contributed by atoms with Gasteiger partial charge < -0.3 is 4.42 Å². The zero-order valence-corrected chi connectivity index (χ0v) is 34.3. The lowest BCUT2D eigenvalue weighted by atomic mass is 9.91. The molecule has 9 aromatic carbocycles. The van der Waals surface area contributed by atoms with E-state index in [0.29, 0.717) is 17.5 Å². The average molecular weight is 810 g/mol. The molecular formula is C57H35N3OS. The van der Waals surface area contributed by atoms with Crippen molar-refractivity contribution in [3.8, 4) is 56.4 Å². The number of fused-ring (bicyclic) bond motifs is 12. The van der Waals surface area contributed by atoms with Gasteiger partial charge in [-0.3, -0.25) is 0 Å². The van der Waals surface area contributed by atoms with Crippen LogP contribution in [0.15, 0.2) is 186 Å². The van der Waals surface area contributed by atoms with Gasteiger partial charge in [-0.05, 0) is 115 Å². The maximum absolute atomic E-state index is 6.51. The van der Waals surface area contributed by atoms with Crippen LogP contribution < -0.4 is 0 Å². The molecule has 0 fully saturated rings. The van der Waals surface area contributed by atoms with E-state index in [1.165, 1.54) is 58.4 Å². The maximum atomic E-state index is 6.51. The molecule has 0 spiro atoms. The third kappa shape index (κ3) is 5.63. The SMILES string of the molecule is C1=Cc2c(sc3ccc(-c4nc(-c5ccccc5)nc(-c5ccc(-c6cccc7oc8ccc(-c9ccc%10c%11ccccc%11c%11ccccc%11c%10c9)cc8c67)cc5)n4)cc23)CC1. The van der Waals surface area contributed by atoms with Crippen molar-refractivity contribution in [3.05, 3.63) is 192 Å². The number of nitrogens with zero attached hydrogens (tertiary/aromatic N) is 3. The molecule has 0 N–H and O–H groups in total. The molecule has 12 aromatic rings. The van der Waals surface area contributed by atoms with E-state index >= 15 is 0 Å². The summed E-state index contributed by atoms with van der Waals surface area (Å²) >= 11 is 1.89. The molecule has 4 nitrogen and oxygen atoms in total. The highest BCUT2D eigenvalue weighted by Gasteiger charge is 2.19. The Kier molecular flexibility index (Phi) is 7.87. The van der Waals surface area contributed by atoms with Gasteiger partial charge in [0.1, 0.15) is 11.2 Å². The molecule has 0 radical (unpaired) electrons. The van der Waals surface area contributed by atoms with Crippen molar-refractivity contribution < 1.29 is 4.42 Å². The van der Waals surface area contributed by atoms with E-state index in [9.17, 15) is 0 Å². The Hall–Kier alpha value is -7.73. The molecule has 290 valence electrons. The van der Waals surface area contributed by atoms with E-state index in [-0.39, 0.29) is 0 Å². The first-order valence-electron chi connectivity index (χ1n) is 21.1. The number of furan rings is 1. The van der Waals surface area contributed by atoms with E-state index in [4.69, 9.17) is 19.4 Å². The lowest BCUT2D eigenvalue weighted by Crippen LogP contribution is -2.00. The zero-order chi connectivity index (χ0) is 40.7. The van der Waals surface area contributed by atoms with Gasteiger partial charge in [0.25, 0.3) is 0 Å². The predicted molar refractivity (Wildman–Crippen MR) is 260 cm³/mol. The van der Waals surface area contributed by atoms with Crippen LogP contribution in [-0.4, -0.2) is 15.0 Å². The predicted octanol–water partition coefficient (Wildman–Crippen LogP) is 15.7. The smallest absolute Gasteiger partial charge is 0.164 e. The number of benzene rings is 9. The van der Waals surface area contributed by atoms with Crippen molar-refractivity contribution >= 4 is 81.8 Å². The minimum atomic E-state index is 0.639. The van der Waals surface area contributed by atoms with Crippen LogP contribution in [0.5, 0.6) is 0 Å². The molecule has 1 aliphatic carbocycles. The summed E-state index contributed by atoms with van der Waals surface area (Å²) in [5, 5.41) is 11.1. The topological polar surface area (TPSA) is 51.8 Å². The molecule has 13 rings (SSSR count). The van der Waals surface area contributed by atoms with Gasteiger partial charge in [0.15, 0.2) is 17.5 Å². The molecule has 1 aliphatic rings.